The Morgan fingerprint density at radius 3 is 2.12 bits per heavy atom. The molecule has 1 N–H and O–H groups in total. The van der Waals surface area contributed by atoms with Crippen LogP contribution in [0.5, 0.6) is 0 Å². The minimum atomic E-state index is -0.147. The van der Waals surface area contributed by atoms with E-state index >= 15 is 0 Å². The fourth-order valence-corrected chi connectivity index (χ4v) is 4.13. The van der Waals surface area contributed by atoms with E-state index in [1.54, 1.807) is 0 Å². The summed E-state index contributed by atoms with van der Waals surface area (Å²) in [4.78, 5) is 0. The summed E-state index contributed by atoms with van der Waals surface area (Å²) in [7, 11) is 0. The highest BCUT2D eigenvalue weighted by Gasteiger charge is 2.25. The van der Waals surface area contributed by atoms with E-state index in [9.17, 15) is 5.11 Å². The predicted octanol–water partition coefficient (Wildman–Crippen LogP) is 5.73. The van der Waals surface area contributed by atoms with Crippen molar-refractivity contribution in [2.45, 2.75) is 63.4 Å². The number of aryl methyl sites for hydroxylation is 1. The highest BCUT2D eigenvalue weighted by molar-refractivity contribution is 5.21. The molecule has 1 fully saturated rings. The van der Waals surface area contributed by atoms with Gasteiger partial charge in [0.25, 0.3) is 0 Å². The minimum absolute atomic E-state index is 0.147. The van der Waals surface area contributed by atoms with Gasteiger partial charge in [0.15, 0.2) is 0 Å². The summed E-state index contributed by atoms with van der Waals surface area (Å²) in [5.41, 5.74) is 2.77. The van der Waals surface area contributed by atoms with E-state index in [0.29, 0.717) is 11.8 Å². The van der Waals surface area contributed by atoms with Gasteiger partial charge in [0.05, 0.1) is 6.10 Å². The van der Waals surface area contributed by atoms with Gasteiger partial charge in [0.2, 0.25) is 0 Å². The summed E-state index contributed by atoms with van der Waals surface area (Å²) >= 11 is 0. The number of hydrogen-bond donors (Lipinski definition) is 1. The SMILES string of the molecule is OC(CC(CCc1ccccc1)c1ccccc1)C1CCCCC1. The Hall–Kier alpha value is -1.60. The lowest BCUT2D eigenvalue weighted by molar-refractivity contribution is 0.0698. The first-order valence-electron chi connectivity index (χ1n) is 9.60. The fourth-order valence-electron chi connectivity index (χ4n) is 4.13. The maximum atomic E-state index is 10.8. The van der Waals surface area contributed by atoms with Crippen LogP contribution in [0.3, 0.4) is 0 Å². The second-order valence-corrected chi connectivity index (χ2v) is 7.33. The first-order valence-corrected chi connectivity index (χ1v) is 9.60. The zero-order valence-electron chi connectivity index (χ0n) is 14.6. The van der Waals surface area contributed by atoms with Crippen LogP contribution in [0.4, 0.5) is 0 Å². The van der Waals surface area contributed by atoms with Crippen molar-refractivity contribution >= 4 is 0 Å². The molecule has 0 amide bonds. The molecule has 2 atom stereocenters. The van der Waals surface area contributed by atoms with Crippen LogP contribution < -0.4 is 0 Å². The Balaban J connectivity index is 1.65. The van der Waals surface area contributed by atoms with Crippen molar-refractivity contribution in [1.82, 2.24) is 0 Å². The van der Waals surface area contributed by atoms with Crippen molar-refractivity contribution in [2.24, 2.45) is 5.92 Å². The largest absolute Gasteiger partial charge is 0.393 e. The summed E-state index contributed by atoms with van der Waals surface area (Å²) in [6.45, 7) is 0. The molecule has 0 radical (unpaired) electrons. The molecular formula is C23H30O. The molecule has 2 unspecified atom stereocenters. The third kappa shape index (κ3) is 4.95. The molecular weight excluding hydrogens is 292 g/mol. The second kappa shape index (κ2) is 9.03. The van der Waals surface area contributed by atoms with Gasteiger partial charge in [-0.3, -0.25) is 0 Å². The summed E-state index contributed by atoms with van der Waals surface area (Å²) in [6, 6.07) is 21.5. The summed E-state index contributed by atoms with van der Waals surface area (Å²) in [5.74, 6) is 0.963. The third-order valence-corrected chi connectivity index (χ3v) is 5.62. The highest BCUT2D eigenvalue weighted by atomic mass is 16.3. The molecule has 0 aromatic heterocycles. The van der Waals surface area contributed by atoms with Crippen molar-refractivity contribution in [3.8, 4) is 0 Å². The number of hydrogen-bond acceptors (Lipinski definition) is 1. The van der Waals surface area contributed by atoms with E-state index in [1.807, 2.05) is 0 Å². The smallest absolute Gasteiger partial charge is 0.0574 e. The van der Waals surface area contributed by atoms with Gasteiger partial charge in [-0.05, 0) is 55.1 Å². The van der Waals surface area contributed by atoms with E-state index in [1.165, 1.54) is 43.2 Å². The molecule has 128 valence electrons. The van der Waals surface area contributed by atoms with Crippen molar-refractivity contribution in [3.05, 3.63) is 71.8 Å². The minimum Gasteiger partial charge on any atom is -0.393 e. The molecule has 1 saturated carbocycles. The van der Waals surface area contributed by atoms with Gasteiger partial charge in [-0.1, -0.05) is 79.9 Å². The number of aliphatic hydroxyl groups excluding tert-OH is 1. The standard InChI is InChI=1S/C23H30O/c24-23(21-14-8-3-9-15-21)18-22(20-12-6-2-7-13-20)17-16-19-10-4-1-5-11-19/h1-2,4-7,10-13,21-24H,3,8-9,14-18H2. The Labute approximate surface area is 146 Å². The molecule has 0 heterocycles. The molecule has 2 aromatic carbocycles. The topological polar surface area (TPSA) is 20.2 Å². The highest BCUT2D eigenvalue weighted by Crippen LogP contribution is 2.33. The van der Waals surface area contributed by atoms with Crippen LogP contribution in [0.25, 0.3) is 0 Å². The number of rotatable bonds is 7. The van der Waals surface area contributed by atoms with E-state index < -0.39 is 0 Å². The first-order chi connectivity index (χ1) is 11.8. The quantitative estimate of drug-likeness (QED) is 0.689. The molecule has 0 aliphatic heterocycles. The average molecular weight is 322 g/mol. The molecule has 24 heavy (non-hydrogen) atoms. The Bertz CT molecular complexity index is 571. The molecule has 0 spiro atoms. The lowest BCUT2D eigenvalue weighted by Gasteiger charge is -2.29. The van der Waals surface area contributed by atoms with Crippen molar-refractivity contribution < 1.29 is 5.11 Å². The van der Waals surface area contributed by atoms with Crippen molar-refractivity contribution in [2.75, 3.05) is 0 Å². The monoisotopic (exact) mass is 322 g/mol. The van der Waals surface area contributed by atoms with Crippen LogP contribution in [0.15, 0.2) is 60.7 Å². The zero-order valence-corrected chi connectivity index (χ0v) is 14.6. The molecule has 1 aliphatic rings. The van der Waals surface area contributed by atoms with E-state index in [4.69, 9.17) is 0 Å². The second-order valence-electron chi connectivity index (χ2n) is 7.33. The molecule has 1 heteroatoms. The van der Waals surface area contributed by atoms with E-state index in [-0.39, 0.29) is 6.10 Å². The molecule has 1 aliphatic carbocycles. The predicted molar refractivity (Wildman–Crippen MR) is 101 cm³/mol. The van der Waals surface area contributed by atoms with Crippen LogP contribution in [-0.2, 0) is 6.42 Å². The Morgan fingerprint density at radius 2 is 1.46 bits per heavy atom. The first kappa shape index (κ1) is 17.2. The van der Waals surface area contributed by atoms with Gasteiger partial charge in [-0.25, -0.2) is 0 Å². The molecule has 0 saturated heterocycles. The van der Waals surface area contributed by atoms with Crippen LogP contribution in [0, 0.1) is 5.92 Å². The summed E-state index contributed by atoms with van der Waals surface area (Å²) in [5, 5.41) is 10.8. The van der Waals surface area contributed by atoms with E-state index in [2.05, 4.69) is 60.7 Å². The average Bonchev–Trinajstić information content (AvgIpc) is 2.67. The summed E-state index contributed by atoms with van der Waals surface area (Å²) in [6.07, 6.45) is 9.30. The van der Waals surface area contributed by atoms with Crippen molar-refractivity contribution in [1.29, 1.82) is 0 Å². The lowest BCUT2D eigenvalue weighted by Crippen LogP contribution is -2.25. The number of aliphatic hydroxyl groups is 1. The summed E-state index contributed by atoms with van der Waals surface area (Å²) < 4.78 is 0. The van der Waals surface area contributed by atoms with Crippen LogP contribution in [0.2, 0.25) is 0 Å². The normalized spacial score (nSPS) is 18.2. The van der Waals surface area contributed by atoms with Crippen LogP contribution in [0.1, 0.15) is 62.0 Å². The fraction of sp³-hybridized carbons (Fsp3) is 0.478. The van der Waals surface area contributed by atoms with Gasteiger partial charge in [-0.2, -0.15) is 0 Å². The van der Waals surface area contributed by atoms with Crippen LogP contribution in [-0.4, -0.2) is 11.2 Å². The third-order valence-electron chi connectivity index (χ3n) is 5.62. The van der Waals surface area contributed by atoms with Crippen LogP contribution >= 0.6 is 0 Å². The maximum absolute atomic E-state index is 10.8. The Kier molecular flexibility index (Phi) is 6.48. The van der Waals surface area contributed by atoms with Gasteiger partial charge >= 0.3 is 0 Å². The molecule has 3 rings (SSSR count). The van der Waals surface area contributed by atoms with Gasteiger partial charge < -0.3 is 5.11 Å². The Morgan fingerprint density at radius 1 is 0.833 bits per heavy atom. The molecule has 0 bridgehead atoms. The van der Waals surface area contributed by atoms with Gasteiger partial charge in [0.1, 0.15) is 0 Å². The zero-order chi connectivity index (χ0) is 16.6. The van der Waals surface area contributed by atoms with E-state index in [0.717, 1.165) is 19.3 Å². The van der Waals surface area contributed by atoms with Gasteiger partial charge in [0, 0.05) is 0 Å². The number of benzene rings is 2. The lowest BCUT2D eigenvalue weighted by atomic mass is 9.79. The molecule has 1 nitrogen and oxygen atoms in total. The van der Waals surface area contributed by atoms with Gasteiger partial charge in [-0.15, -0.1) is 0 Å². The van der Waals surface area contributed by atoms with Crippen molar-refractivity contribution in [3.63, 3.8) is 0 Å². The molecule has 2 aromatic rings. The maximum Gasteiger partial charge on any atom is 0.0574 e.